The maximum Gasteiger partial charge on any atom is 0.410 e. The fourth-order valence-electron chi connectivity index (χ4n) is 4.83. The number of carbonyl (C=O) groups excluding carboxylic acids is 2. The zero-order chi connectivity index (χ0) is 30.5. The fraction of sp³-hybridized carbons (Fsp3) is 0.500. The van der Waals surface area contributed by atoms with E-state index in [9.17, 15) is 19.8 Å². The number of β-amino-alcohol motifs (C(OH)–C–C–N with tert-alkyl or cyclic N) is 1. The summed E-state index contributed by atoms with van der Waals surface area (Å²) < 4.78 is 10.5. The van der Waals surface area contributed by atoms with Gasteiger partial charge in [-0.15, -0.1) is 0 Å². The molecule has 2 fully saturated rings. The molecule has 2 aliphatic heterocycles. The van der Waals surface area contributed by atoms with Gasteiger partial charge in [-0.05, 0) is 28.1 Å². The zero-order valence-electron chi connectivity index (χ0n) is 23.6. The van der Waals surface area contributed by atoms with E-state index in [-0.39, 0.29) is 38.1 Å². The van der Waals surface area contributed by atoms with Crippen molar-refractivity contribution in [2.24, 2.45) is 22.1 Å². The summed E-state index contributed by atoms with van der Waals surface area (Å²) in [6, 6.07) is 17.6. The Morgan fingerprint density at radius 3 is 1.74 bits per heavy atom. The number of nitrogens with zero attached hydrogens (tertiary/aromatic N) is 8. The fourth-order valence-corrected chi connectivity index (χ4v) is 4.83. The predicted molar refractivity (Wildman–Crippen MR) is 153 cm³/mol. The number of amides is 2. The number of azide groups is 2. The van der Waals surface area contributed by atoms with Crippen LogP contribution in [0.1, 0.15) is 25.0 Å². The van der Waals surface area contributed by atoms with Crippen LogP contribution in [0.4, 0.5) is 9.59 Å². The Kier molecular flexibility index (Phi) is 12.3. The van der Waals surface area contributed by atoms with E-state index in [1.54, 1.807) is 6.92 Å². The van der Waals surface area contributed by atoms with Gasteiger partial charge in [-0.2, -0.15) is 0 Å². The molecule has 0 spiro atoms. The van der Waals surface area contributed by atoms with Gasteiger partial charge in [-0.1, -0.05) is 84.7 Å². The van der Waals surface area contributed by atoms with Crippen molar-refractivity contribution < 1.29 is 29.3 Å². The van der Waals surface area contributed by atoms with Gasteiger partial charge in [0, 0.05) is 35.4 Å². The van der Waals surface area contributed by atoms with Crippen LogP contribution < -0.4 is 0 Å². The molecule has 2 aromatic carbocycles. The van der Waals surface area contributed by atoms with Crippen molar-refractivity contribution in [2.75, 3.05) is 26.2 Å². The van der Waals surface area contributed by atoms with E-state index < -0.39 is 36.5 Å². The standard InChI is InChI=1S/2C14H18N4O3/c1-10-7-18(8-12(19)13(10)16-17-15)14(20)21-9-11-5-3-2-4-6-11;1-10-7-18(8-12(13(10)19)16-17-15)14(20)21-9-11-5-3-2-4-6-11/h2*2-6,10,12-13,19H,7-9H2,1H3. The molecule has 0 aliphatic carbocycles. The normalized spacial score (nSPS) is 25.0. The smallest absolute Gasteiger partial charge is 0.410 e. The molecule has 2 saturated heterocycles. The molecule has 2 N–H and O–H groups in total. The van der Waals surface area contributed by atoms with Gasteiger partial charge in [-0.3, -0.25) is 0 Å². The van der Waals surface area contributed by atoms with Crippen molar-refractivity contribution in [3.05, 3.63) is 92.7 Å². The second kappa shape index (κ2) is 16.1. The largest absolute Gasteiger partial charge is 0.445 e. The summed E-state index contributed by atoms with van der Waals surface area (Å²) in [4.78, 5) is 32.4. The third kappa shape index (κ3) is 9.28. The number of carbonyl (C=O) groups is 2. The minimum atomic E-state index is -0.867. The van der Waals surface area contributed by atoms with E-state index in [4.69, 9.17) is 20.5 Å². The van der Waals surface area contributed by atoms with E-state index >= 15 is 0 Å². The van der Waals surface area contributed by atoms with Gasteiger partial charge in [0.1, 0.15) is 13.2 Å². The number of piperidine rings is 2. The third-order valence-corrected chi connectivity index (χ3v) is 7.10. The highest BCUT2D eigenvalue weighted by Gasteiger charge is 2.36. The summed E-state index contributed by atoms with van der Waals surface area (Å²) in [6.07, 6.45) is -2.53. The van der Waals surface area contributed by atoms with Crippen molar-refractivity contribution in [1.82, 2.24) is 9.80 Å². The molecule has 224 valence electrons. The molecule has 6 unspecified atom stereocenters. The molecule has 0 saturated carbocycles. The molecule has 0 bridgehead atoms. The molecule has 4 rings (SSSR count). The van der Waals surface area contributed by atoms with E-state index in [2.05, 4.69) is 20.1 Å². The highest BCUT2D eigenvalue weighted by molar-refractivity contribution is 5.68. The Morgan fingerprint density at radius 1 is 0.786 bits per heavy atom. The second-order valence-electron chi connectivity index (χ2n) is 10.4. The number of likely N-dealkylation sites (tertiary alicyclic amines) is 2. The van der Waals surface area contributed by atoms with Gasteiger partial charge in [0.15, 0.2) is 0 Å². The number of hydrogen-bond acceptors (Lipinski definition) is 8. The minimum Gasteiger partial charge on any atom is -0.445 e. The predicted octanol–water partition coefficient (Wildman–Crippen LogP) is 4.63. The van der Waals surface area contributed by atoms with E-state index in [0.29, 0.717) is 13.1 Å². The molecule has 2 aromatic rings. The van der Waals surface area contributed by atoms with Gasteiger partial charge in [0.2, 0.25) is 0 Å². The number of aliphatic hydroxyl groups is 2. The first-order valence-corrected chi connectivity index (χ1v) is 13.6. The zero-order valence-corrected chi connectivity index (χ0v) is 23.6. The number of hydrogen-bond donors (Lipinski definition) is 2. The van der Waals surface area contributed by atoms with Crippen LogP contribution in [0.25, 0.3) is 20.9 Å². The average molecular weight is 581 g/mol. The minimum absolute atomic E-state index is 0.113. The van der Waals surface area contributed by atoms with Crippen LogP contribution in [0, 0.1) is 11.8 Å². The summed E-state index contributed by atoms with van der Waals surface area (Å²) >= 11 is 0. The lowest BCUT2D eigenvalue weighted by Crippen LogP contribution is -2.52. The highest BCUT2D eigenvalue weighted by atomic mass is 16.6. The summed E-state index contributed by atoms with van der Waals surface area (Å²) in [5.41, 5.74) is 18.8. The molecular weight excluding hydrogens is 544 g/mol. The van der Waals surface area contributed by atoms with E-state index in [1.807, 2.05) is 67.6 Å². The van der Waals surface area contributed by atoms with Crippen LogP contribution in [-0.4, -0.2) is 82.7 Å². The SMILES string of the molecule is CC1CN(C(=O)OCc2ccccc2)CC(N=[N+]=[N-])C1O.CC1CN(C(=O)OCc2ccccc2)CC(O)C1N=[N+]=[N-]. The maximum absolute atomic E-state index is 12.1. The van der Waals surface area contributed by atoms with Gasteiger partial charge in [-0.25, -0.2) is 9.59 Å². The monoisotopic (exact) mass is 580 g/mol. The van der Waals surface area contributed by atoms with Crippen LogP contribution in [0.2, 0.25) is 0 Å². The van der Waals surface area contributed by atoms with Gasteiger partial charge in [0.05, 0.1) is 30.8 Å². The Labute approximate surface area is 243 Å². The Bertz CT molecular complexity index is 1240. The lowest BCUT2D eigenvalue weighted by atomic mass is 9.92. The number of ether oxygens (including phenoxy) is 2. The summed E-state index contributed by atoms with van der Waals surface area (Å²) in [5, 5.41) is 27.0. The second-order valence-corrected chi connectivity index (χ2v) is 10.4. The summed E-state index contributed by atoms with van der Waals surface area (Å²) in [7, 11) is 0. The van der Waals surface area contributed by atoms with Crippen LogP contribution in [0.15, 0.2) is 70.9 Å². The maximum atomic E-state index is 12.1. The van der Waals surface area contributed by atoms with Crippen LogP contribution in [0.3, 0.4) is 0 Å². The van der Waals surface area contributed by atoms with Gasteiger partial charge in [0.25, 0.3) is 0 Å². The van der Waals surface area contributed by atoms with Crippen LogP contribution in [0.5, 0.6) is 0 Å². The molecule has 0 aromatic heterocycles. The molecule has 2 heterocycles. The first-order chi connectivity index (χ1) is 20.2. The Balaban J connectivity index is 0.000000230. The molecule has 0 radical (unpaired) electrons. The molecule has 6 atom stereocenters. The number of benzene rings is 2. The Morgan fingerprint density at radius 2 is 1.26 bits per heavy atom. The lowest BCUT2D eigenvalue weighted by molar-refractivity contribution is 0.0113. The average Bonchev–Trinajstić information content (AvgIpc) is 3.00. The lowest BCUT2D eigenvalue weighted by Gasteiger charge is -2.37. The number of aliphatic hydroxyl groups excluding tert-OH is 2. The van der Waals surface area contributed by atoms with Crippen molar-refractivity contribution in [3.63, 3.8) is 0 Å². The molecular formula is C28H36N8O6. The van der Waals surface area contributed by atoms with Crippen LogP contribution in [-0.2, 0) is 22.7 Å². The van der Waals surface area contributed by atoms with E-state index in [0.717, 1.165) is 11.1 Å². The first kappa shape index (κ1) is 32.0. The molecule has 14 nitrogen and oxygen atoms in total. The highest BCUT2D eigenvalue weighted by Crippen LogP contribution is 2.22. The molecule has 42 heavy (non-hydrogen) atoms. The summed E-state index contributed by atoms with van der Waals surface area (Å²) in [5.74, 6) is -0.285. The Hall–Kier alpha value is -4.48. The van der Waals surface area contributed by atoms with Crippen LogP contribution >= 0.6 is 0 Å². The van der Waals surface area contributed by atoms with E-state index in [1.165, 1.54) is 9.80 Å². The first-order valence-electron chi connectivity index (χ1n) is 13.6. The molecule has 14 heteroatoms. The van der Waals surface area contributed by atoms with Crippen molar-refractivity contribution in [1.29, 1.82) is 0 Å². The molecule has 2 aliphatic rings. The summed E-state index contributed by atoms with van der Waals surface area (Å²) in [6.45, 7) is 5.09. The molecule has 2 amide bonds. The van der Waals surface area contributed by atoms with Crippen molar-refractivity contribution in [2.45, 2.75) is 51.4 Å². The van der Waals surface area contributed by atoms with Crippen molar-refractivity contribution in [3.8, 4) is 0 Å². The topological polar surface area (TPSA) is 197 Å². The quantitative estimate of drug-likeness (QED) is 0.283. The van der Waals surface area contributed by atoms with Crippen molar-refractivity contribution >= 4 is 12.2 Å². The number of rotatable bonds is 6. The third-order valence-electron chi connectivity index (χ3n) is 7.10. The van der Waals surface area contributed by atoms with Gasteiger partial charge >= 0.3 is 12.2 Å². The van der Waals surface area contributed by atoms with Gasteiger partial charge < -0.3 is 29.5 Å².